The van der Waals surface area contributed by atoms with Gasteiger partial charge in [-0.05, 0) is 72.2 Å². The molecular formula is C37H47F3N5O10PS. The van der Waals surface area contributed by atoms with Crippen LogP contribution in [0.1, 0.15) is 70.6 Å². The summed E-state index contributed by atoms with van der Waals surface area (Å²) >= 11 is 0.737. The van der Waals surface area contributed by atoms with E-state index in [-0.39, 0.29) is 46.1 Å². The molecule has 0 saturated carbocycles. The second-order valence-corrected chi connectivity index (χ2v) is 16.9. The summed E-state index contributed by atoms with van der Waals surface area (Å²) in [5.74, 6) is -0.985. The molecule has 0 spiro atoms. The van der Waals surface area contributed by atoms with Crippen LogP contribution in [-0.2, 0) is 38.5 Å². The van der Waals surface area contributed by atoms with Gasteiger partial charge in [-0.15, -0.1) is 11.3 Å². The third kappa shape index (κ3) is 12.4. The van der Waals surface area contributed by atoms with Crippen molar-refractivity contribution >= 4 is 47.9 Å². The van der Waals surface area contributed by atoms with Crippen LogP contribution in [0.4, 0.5) is 23.8 Å². The van der Waals surface area contributed by atoms with Crippen molar-refractivity contribution in [3.05, 3.63) is 63.5 Å². The Labute approximate surface area is 331 Å². The molecule has 57 heavy (non-hydrogen) atoms. The summed E-state index contributed by atoms with van der Waals surface area (Å²) in [5.41, 5.74) is -2.82. The third-order valence-corrected chi connectivity index (χ3v) is 10.4. The monoisotopic (exact) mass is 841 g/mol. The van der Waals surface area contributed by atoms with Gasteiger partial charge in [0.1, 0.15) is 23.0 Å². The van der Waals surface area contributed by atoms with Crippen molar-refractivity contribution in [1.29, 1.82) is 0 Å². The molecule has 2 amide bonds. The van der Waals surface area contributed by atoms with E-state index in [4.69, 9.17) is 27.8 Å². The smallest absolute Gasteiger partial charge is 0.459 e. The van der Waals surface area contributed by atoms with Crippen molar-refractivity contribution < 1.29 is 55.1 Å². The van der Waals surface area contributed by atoms with E-state index in [1.165, 1.54) is 38.7 Å². The molecular weight excluding hydrogens is 794 g/mol. The number of carbonyl (C=O) groups excluding carboxylic acids is 2. The van der Waals surface area contributed by atoms with Crippen LogP contribution in [0.25, 0.3) is 32.6 Å². The number of aromatic nitrogens is 3. The van der Waals surface area contributed by atoms with Crippen molar-refractivity contribution in [2.75, 3.05) is 52.5 Å². The van der Waals surface area contributed by atoms with Crippen LogP contribution in [0.3, 0.4) is 0 Å². The third-order valence-electron chi connectivity index (χ3n) is 7.52. The summed E-state index contributed by atoms with van der Waals surface area (Å²) < 4.78 is 88.9. The Hall–Kier alpha value is -4.23. The van der Waals surface area contributed by atoms with Gasteiger partial charge in [0.15, 0.2) is 5.69 Å². The zero-order valence-electron chi connectivity index (χ0n) is 33.1. The van der Waals surface area contributed by atoms with Gasteiger partial charge < -0.3 is 24.1 Å². The fraction of sp³-hybridized carbons (Fsp3) is 0.486. The van der Waals surface area contributed by atoms with E-state index < -0.39 is 67.6 Å². The quantitative estimate of drug-likeness (QED) is 0.0630. The van der Waals surface area contributed by atoms with Crippen LogP contribution in [0, 0.1) is 0 Å². The highest BCUT2D eigenvalue weighted by Crippen LogP contribution is 2.55. The number of pyridine rings is 2. The number of esters is 1. The minimum Gasteiger partial charge on any atom is -0.459 e. The van der Waals surface area contributed by atoms with Crippen molar-refractivity contribution in [3.8, 4) is 21.7 Å². The summed E-state index contributed by atoms with van der Waals surface area (Å²) in [6.45, 7) is 11.5. The Balaban J connectivity index is 1.80. The second kappa shape index (κ2) is 18.6. The average Bonchev–Trinajstić information content (AvgIpc) is 3.60. The van der Waals surface area contributed by atoms with Crippen LogP contribution in [0.15, 0.2) is 46.8 Å². The number of thiazole rings is 1. The average molecular weight is 842 g/mol. The molecule has 20 heteroatoms. The van der Waals surface area contributed by atoms with Crippen molar-refractivity contribution in [1.82, 2.24) is 19.9 Å². The van der Waals surface area contributed by atoms with E-state index in [1.54, 1.807) is 65.2 Å². The fourth-order valence-electron chi connectivity index (χ4n) is 5.45. The van der Waals surface area contributed by atoms with Gasteiger partial charge in [0.05, 0.1) is 42.6 Å². The number of fused-ring (bicyclic) bond motifs is 1. The first kappa shape index (κ1) is 45.5. The Morgan fingerprint density at radius 2 is 1.61 bits per heavy atom. The number of methoxy groups -OCH3 is 2. The normalized spacial score (nSPS) is 12.6. The highest BCUT2D eigenvalue weighted by Gasteiger charge is 2.37. The summed E-state index contributed by atoms with van der Waals surface area (Å²) in [4.78, 5) is 48.2. The molecule has 3 aromatic heterocycles. The lowest BCUT2D eigenvalue weighted by Gasteiger charge is -2.30. The van der Waals surface area contributed by atoms with Gasteiger partial charge in [0.2, 0.25) is 5.43 Å². The van der Waals surface area contributed by atoms with E-state index in [2.05, 4.69) is 20.6 Å². The van der Waals surface area contributed by atoms with Crippen molar-refractivity contribution in [2.45, 2.75) is 71.9 Å². The Kier molecular flexibility index (Phi) is 14.8. The molecule has 0 unspecified atom stereocenters. The molecule has 0 radical (unpaired) electrons. The summed E-state index contributed by atoms with van der Waals surface area (Å²) in [7, 11) is -1.17. The van der Waals surface area contributed by atoms with Gasteiger partial charge in [0, 0.05) is 55.1 Å². The van der Waals surface area contributed by atoms with Gasteiger partial charge >= 0.3 is 26.0 Å². The number of nitrogens with zero attached hydrogens (tertiary/aromatic N) is 3. The SMILES string of the molecule is CCNC(=O)Nc1cc(-c2nc(C(F)(F)F)cs2)c(-c2ccc3c(c2)c(=O)c(C(=O)OCCOP(=O)(OC(C)(C)C)OC(C)(C)C)cn3C(COC)COC)cn1. The summed E-state index contributed by atoms with van der Waals surface area (Å²) in [6.07, 6.45) is -2.04. The molecule has 15 nitrogen and oxygen atoms in total. The van der Waals surface area contributed by atoms with Crippen molar-refractivity contribution in [3.63, 3.8) is 0 Å². The van der Waals surface area contributed by atoms with E-state index >= 15 is 0 Å². The largest absolute Gasteiger partial charge is 0.475 e. The number of carbonyl (C=O) groups is 2. The topological polar surface area (TPSA) is 178 Å². The number of hydrogen-bond acceptors (Lipinski definition) is 13. The highest BCUT2D eigenvalue weighted by molar-refractivity contribution is 7.48. The maximum Gasteiger partial charge on any atom is 0.475 e. The van der Waals surface area contributed by atoms with Crippen LogP contribution in [-0.4, -0.2) is 84.9 Å². The minimum atomic E-state index is -4.71. The van der Waals surface area contributed by atoms with Gasteiger partial charge in [0.25, 0.3) is 0 Å². The molecule has 0 fully saturated rings. The number of phosphoric acid groups is 1. The lowest BCUT2D eigenvalue weighted by atomic mass is 9.99. The number of alkyl halides is 3. The number of phosphoric ester groups is 1. The van der Waals surface area contributed by atoms with Gasteiger partial charge in [-0.3, -0.25) is 23.7 Å². The summed E-state index contributed by atoms with van der Waals surface area (Å²) in [5, 5.41) is 6.00. The number of halogens is 3. The summed E-state index contributed by atoms with van der Waals surface area (Å²) in [6, 6.07) is 4.99. The van der Waals surface area contributed by atoms with Crippen LogP contribution < -0.4 is 16.1 Å². The highest BCUT2D eigenvalue weighted by atomic mass is 32.1. The molecule has 0 aliphatic heterocycles. The van der Waals surface area contributed by atoms with Crippen LogP contribution >= 0.6 is 19.2 Å². The predicted octanol–water partition coefficient (Wildman–Crippen LogP) is 8.09. The standard InChI is InChI=1S/C37H47F3N5O10PS/c1-10-41-34(48)44-30-16-24(32-43-29(21-57-32)37(38,39)40)26(17-42-30)22-11-12-28-25(15-22)31(46)27(18-45(28)23(19-50-8)20-51-9)33(47)52-13-14-53-56(49,54-35(2,3)4)55-36(5,6)7/h11-12,15-18,21,23H,10,13-14,19-20H2,1-9H3,(H2,41,42,44,48). The molecule has 2 N–H and O–H groups in total. The molecule has 0 aliphatic rings. The molecule has 4 aromatic rings. The Bertz CT molecular complexity index is 2140. The molecule has 312 valence electrons. The molecule has 0 aliphatic carbocycles. The number of urea groups is 1. The van der Waals surface area contributed by atoms with E-state index in [0.717, 1.165) is 16.7 Å². The molecule has 3 heterocycles. The van der Waals surface area contributed by atoms with Gasteiger partial charge in [-0.1, -0.05) is 6.07 Å². The molecule has 4 rings (SSSR count). The lowest BCUT2D eigenvalue weighted by molar-refractivity contribution is -0.140. The first-order chi connectivity index (χ1) is 26.6. The number of rotatable bonds is 16. The Morgan fingerprint density at radius 1 is 0.965 bits per heavy atom. The fourth-order valence-corrected chi connectivity index (χ4v) is 8.09. The number of anilines is 1. The van der Waals surface area contributed by atoms with E-state index in [0.29, 0.717) is 17.6 Å². The van der Waals surface area contributed by atoms with Crippen LogP contribution in [0.5, 0.6) is 0 Å². The van der Waals surface area contributed by atoms with Crippen LogP contribution in [0.2, 0.25) is 0 Å². The van der Waals surface area contributed by atoms with Gasteiger partial charge in [-0.25, -0.2) is 24.1 Å². The number of hydrogen-bond donors (Lipinski definition) is 2. The lowest BCUT2D eigenvalue weighted by Crippen LogP contribution is -2.28. The number of amides is 2. The first-order valence-electron chi connectivity index (χ1n) is 17.7. The maximum absolute atomic E-state index is 14.2. The molecule has 0 bridgehead atoms. The van der Waals surface area contributed by atoms with Gasteiger partial charge in [-0.2, -0.15) is 13.2 Å². The number of ether oxygens (including phenoxy) is 3. The second-order valence-electron chi connectivity index (χ2n) is 14.5. The van der Waals surface area contributed by atoms with Crippen molar-refractivity contribution in [2.24, 2.45) is 0 Å². The number of nitrogens with one attached hydrogen (secondary N) is 2. The zero-order chi connectivity index (χ0) is 42.3. The van der Waals surface area contributed by atoms with E-state index in [1.807, 2.05) is 0 Å². The predicted molar refractivity (Wildman–Crippen MR) is 209 cm³/mol. The van der Waals surface area contributed by atoms with E-state index in [9.17, 15) is 32.1 Å². The number of benzene rings is 1. The maximum atomic E-state index is 14.2. The zero-order valence-corrected chi connectivity index (χ0v) is 34.8. The minimum absolute atomic E-state index is 0.0265. The molecule has 1 aromatic carbocycles. The first-order valence-corrected chi connectivity index (χ1v) is 20.0. The Morgan fingerprint density at radius 3 is 2.18 bits per heavy atom. The molecule has 0 saturated heterocycles. The molecule has 0 atom stereocenters.